The average molecular weight is 533 g/mol. The lowest BCUT2D eigenvalue weighted by Crippen LogP contribution is -2.51. The number of carbonyl (C=O) groups is 1. The molecule has 0 spiro atoms. The number of aromatic nitrogens is 1. The van der Waals surface area contributed by atoms with Crippen molar-refractivity contribution in [1.82, 2.24) is 20.1 Å². The van der Waals surface area contributed by atoms with Crippen LogP contribution in [0.15, 0.2) is 59.2 Å². The van der Waals surface area contributed by atoms with Crippen molar-refractivity contribution in [3.05, 3.63) is 70.7 Å². The van der Waals surface area contributed by atoms with Gasteiger partial charge in [0.15, 0.2) is 0 Å². The molecular weight excluding hydrogens is 507 g/mol. The molecule has 202 valence electrons. The number of carbonyl (C=O) groups excluding carboxylic acids is 1. The van der Waals surface area contributed by atoms with Crippen LogP contribution in [0.25, 0.3) is 5.70 Å². The lowest BCUT2D eigenvalue weighted by atomic mass is 10.0. The van der Waals surface area contributed by atoms with E-state index in [1.165, 1.54) is 30.3 Å². The summed E-state index contributed by atoms with van der Waals surface area (Å²) in [5, 5.41) is 2.72. The van der Waals surface area contributed by atoms with Crippen LogP contribution in [0, 0.1) is 5.95 Å². The van der Waals surface area contributed by atoms with Crippen molar-refractivity contribution in [3.8, 4) is 0 Å². The molecule has 1 saturated heterocycles. The number of nitrogens with two attached hydrogens (primary N) is 1. The van der Waals surface area contributed by atoms with Crippen LogP contribution >= 0.6 is 0 Å². The molecule has 3 N–H and O–H groups in total. The number of hydrogen-bond acceptors (Lipinski definition) is 5. The minimum Gasteiger partial charge on any atom is -0.386 e. The first kappa shape index (κ1) is 28.2. The summed E-state index contributed by atoms with van der Waals surface area (Å²) in [6, 6.07) is 1.80. The minimum atomic E-state index is -4.56. The maximum Gasteiger partial charge on any atom is 0.405 e. The Labute approximate surface area is 209 Å². The number of nitrogens with one attached hydrogen (secondary N) is 1. The fraction of sp³-hybridized carbons (Fsp3) is 0.417. The van der Waals surface area contributed by atoms with Gasteiger partial charge in [-0.15, -0.1) is 0 Å². The number of alkyl halides is 3. The predicted molar refractivity (Wildman–Crippen MR) is 123 cm³/mol. The zero-order chi connectivity index (χ0) is 27.3. The fourth-order valence-corrected chi connectivity index (χ4v) is 4.20. The molecule has 1 amide bonds. The third-order valence-electron chi connectivity index (χ3n) is 5.83. The van der Waals surface area contributed by atoms with Gasteiger partial charge in [0.2, 0.25) is 11.9 Å². The highest BCUT2D eigenvalue weighted by atomic mass is 19.4. The average Bonchev–Trinajstić information content (AvgIpc) is 2.91. The molecule has 3 rings (SSSR count). The van der Waals surface area contributed by atoms with Crippen LogP contribution in [0.3, 0.4) is 0 Å². The van der Waals surface area contributed by atoms with Gasteiger partial charge in [-0.1, -0.05) is 0 Å². The van der Waals surface area contributed by atoms with Gasteiger partial charge in [0.1, 0.15) is 24.0 Å². The third kappa shape index (κ3) is 7.57. The molecule has 13 heteroatoms. The minimum absolute atomic E-state index is 0.0306. The summed E-state index contributed by atoms with van der Waals surface area (Å²) in [7, 11) is 1.41. The fourth-order valence-electron chi connectivity index (χ4n) is 4.20. The van der Waals surface area contributed by atoms with Crippen molar-refractivity contribution in [2.75, 3.05) is 33.2 Å². The number of nitrogens with zero attached hydrogens (tertiary/aromatic N) is 3. The number of halogens is 7. The van der Waals surface area contributed by atoms with E-state index in [1.54, 1.807) is 0 Å². The molecule has 37 heavy (non-hydrogen) atoms. The van der Waals surface area contributed by atoms with E-state index in [4.69, 9.17) is 5.73 Å². The summed E-state index contributed by atoms with van der Waals surface area (Å²) in [6.07, 6.45) is -3.26. The Morgan fingerprint density at radius 2 is 1.86 bits per heavy atom. The van der Waals surface area contributed by atoms with E-state index in [0.29, 0.717) is 6.08 Å². The standard InChI is InChI=1S/C24H26F7N5O/c1-33-22(18-3-2-4-34-23(18)28)20-12-35(5-6-36(20)13-24(29,30)31)21(37)11-17(32)8-14-7-15(25)9-16(26)10-19(14)27/h2-4,7,10,17,33H,5-6,8-9,11-13,32H2,1H3/b22-20-. The second-order valence-corrected chi connectivity index (χ2v) is 8.67. The molecule has 0 saturated carbocycles. The maximum atomic E-state index is 14.4. The van der Waals surface area contributed by atoms with Crippen LogP contribution in [0.5, 0.6) is 0 Å². The van der Waals surface area contributed by atoms with Crippen LogP contribution in [-0.4, -0.2) is 66.1 Å². The van der Waals surface area contributed by atoms with Gasteiger partial charge in [0.25, 0.3) is 0 Å². The van der Waals surface area contributed by atoms with Gasteiger partial charge in [-0.25, -0.2) is 18.2 Å². The Morgan fingerprint density at radius 1 is 1.16 bits per heavy atom. The SMILES string of the molecule is CN/C(=C1/CN(C(=O)CC(N)CC2=C(F)C=C(F)CC(F)=C2)CCN1CC(F)(F)F)c1cccnc1F. The Bertz CT molecular complexity index is 1140. The lowest BCUT2D eigenvalue weighted by molar-refractivity contribution is -0.146. The molecule has 1 aliphatic heterocycles. The van der Waals surface area contributed by atoms with Gasteiger partial charge in [0.05, 0.1) is 29.9 Å². The number of pyridine rings is 1. The van der Waals surface area contributed by atoms with Crippen molar-refractivity contribution >= 4 is 11.6 Å². The van der Waals surface area contributed by atoms with E-state index in [-0.39, 0.29) is 55.0 Å². The van der Waals surface area contributed by atoms with Gasteiger partial charge >= 0.3 is 6.18 Å². The maximum absolute atomic E-state index is 14.4. The highest BCUT2D eigenvalue weighted by Crippen LogP contribution is 2.29. The molecule has 1 aromatic rings. The molecule has 2 heterocycles. The number of hydrogen-bond donors (Lipinski definition) is 2. The highest BCUT2D eigenvalue weighted by Gasteiger charge is 2.36. The topological polar surface area (TPSA) is 74.5 Å². The second kappa shape index (κ2) is 11.8. The molecule has 1 fully saturated rings. The van der Waals surface area contributed by atoms with Crippen molar-refractivity contribution < 1.29 is 35.5 Å². The molecular formula is C24H26F7N5O. The van der Waals surface area contributed by atoms with E-state index >= 15 is 0 Å². The summed E-state index contributed by atoms with van der Waals surface area (Å²) in [4.78, 5) is 18.8. The molecule has 0 aromatic carbocycles. The Morgan fingerprint density at radius 3 is 2.51 bits per heavy atom. The van der Waals surface area contributed by atoms with Gasteiger partial charge in [-0.05, 0) is 30.2 Å². The van der Waals surface area contributed by atoms with Crippen LogP contribution < -0.4 is 11.1 Å². The normalized spacial score (nSPS) is 19.3. The third-order valence-corrected chi connectivity index (χ3v) is 5.83. The highest BCUT2D eigenvalue weighted by molar-refractivity contribution is 5.78. The van der Waals surface area contributed by atoms with Crippen LogP contribution in [0.2, 0.25) is 0 Å². The van der Waals surface area contributed by atoms with Gasteiger partial charge in [-0.2, -0.15) is 17.6 Å². The van der Waals surface area contributed by atoms with Crippen LogP contribution in [-0.2, 0) is 4.79 Å². The van der Waals surface area contributed by atoms with E-state index < -0.39 is 54.5 Å². The summed E-state index contributed by atoms with van der Waals surface area (Å²) in [6.45, 7) is -1.87. The first-order valence-corrected chi connectivity index (χ1v) is 11.4. The molecule has 1 atom stereocenters. The molecule has 1 aromatic heterocycles. The number of amides is 1. The van der Waals surface area contributed by atoms with Crippen LogP contribution in [0.1, 0.15) is 24.8 Å². The van der Waals surface area contributed by atoms with Gasteiger partial charge < -0.3 is 20.9 Å². The summed E-state index contributed by atoms with van der Waals surface area (Å²) < 4.78 is 95.5. The van der Waals surface area contributed by atoms with E-state index in [2.05, 4.69) is 10.3 Å². The second-order valence-electron chi connectivity index (χ2n) is 8.67. The zero-order valence-corrected chi connectivity index (χ0v) is 19.9. The quantitative estimate of drug-likeness (QED) is 0.405. The molecule has 0 bridgehead atoms. The molecule has 2 aliphatic rings. The van der Waals surface area contributed by atoms with Crippen LogP contribution in [0.4, 0.5) is 30.7 Å². The first-order chi connectivity index (χ1) is 17.4. The monoisotopic (exact) mass is 533 g/mol. The number of rotatable bonds is 7. The Kier molecular flexibility index (Phi) is 9.00. The van der Waals surface area contributed by atoms with Gasteiger partial charge in [-0.3, -0.25) is 4.79 Å². The summed E-state index contributed by atoms with van der Waals surface area (Å²) in [5.41, 5.74) is 5.79. The molecule has 6 nitrogen and oxygen atoms in total. The molecule has 1 aliphatic carbocycles. The van der Waals surface area contributed by atoms with E-state index in [1.807, 2.05) is 0 Å². The van der Waals surface area contributed by atoms with Crippen molar-refractivity contribution in [3.63, 3.8) is 0 Å². The predicted octanol–water partition coefficient (Wildman–Crippen LogP) is 4.26. The molecule has 1 unspecified atom stereocenters. The lowest BCUT2D eigenvalue weighted by Gasteiger charge is -2.40. The summed E-state index contributed by atoms with van der Waals surface area (Å²) >= 11 is 0. The van der Waals surface area contributed by atoms with Crippen molar-refractivity contribution in [1.29, 1.82) is 0 Å². The smallest absolute Gasteiger partial charge is 0.386 e. The van der Waals surface area contributed by atoms with E-state index in [0.717, 1.165) is 11.0 Å². The zero-order valence-electron chi connectivity index (χ0n) is 19.9. The van der Waals surface area contributed by atoms with E-state index in [9.17, 15) is 35.5 Å². The summed E-state index contributed by atoms with van der Waals surface area (Å²) in [5.74, 6) is -4.34. The Hall–Kier alpha value is -3.35. The molecule has 0 radical (unpaired) electrons. The largest absolute Gasteiger partial charge is 0.405 e. The first-order valence-electron chi connectivity index (χ1n) is 11.4. The van der Waals surface area contributed by atoms with Crippen molar-refractivity contribution in [2.45, 2.75) is 31.5 Å². The number of allylic oxidation sites excluding steroid dienone is 5. The van der Waals surface area contributed by atoms with Crippen molar-refractivity contribution in [2.24, 2.45) is 5.73 Å². The Balaban J connectivity index is 1.82. The number of piperazine rings is 1. The van der Waals surface area contributed by atoms with Gasteiger partial charge in [0, 0.05) is 44.9 Å².